The van der Waals surface area contributed by atoms with Crippen LogP contribution < -0.4 is 0 Å². The Morgan fingerprint density at radius 1 is 1.30 bits per heavy atom. The zero-order chi connectivity index (χ0) is 8.41. The maximum absolute atomic E-state index is 5.26. The maximum atomic E-state index is 5.26. The molecule has 0 bridgehead atoms. The first-order chi connectivity index (χ1) is 4.68. The Kier molecular flexibility index (Phi) is 18.1. The molecule has 0 spiro atoms. The minimum atomic E-state index is -0.556. The molecule has 0 atom stereocenters. The molecule has 10 heavy (non-hydrogen) atoms. The van der Waals surface area contributed by atoms with Crippen molar-refractivity contribution >= 4 is 41.8 Å². The van der Waals surface area contributed by atoms with Gasteiger partial charge in [0.2, 0.25) is 0 Å². The fourth-order valence-electron chi connectivity index (χ4n) is 0.148. The van der Waals surface area contributed by atoms with Gasteiger partial charge in [-0.05, 0) is 0 Å². The Labute approximate surface area is 87.8 Å². The van der Waals surface area contributed by atoms with E-state index in [0.717, 1.165) is 0 Å². The summed E-state index contributed by atoms with van der Waals surface area (Å²) in [6.45, 7) is 4.95. The van der Waals surface area contributed by atoms with Crippen molar-refractivity contribution in [3.05, 3.63) is 24.8 Å². The first-order valence-corrected chi connectivity index (χ1v) is 7.32. The zero-order valence-electron chi connectivity index (χ0n) is 4.90. The quantitative estimate of drug-likeness (QED) is 0.305. The van der Waals surface area contributed by atoms with Crippen LogP contribution in [-0.4, -0.2) is 4.84 Å². The summed E-state index contributed by atoms with van der Waals surface area (Å²) in [5.74, 6) is 0. The van der Waals surface area contributed by atoms with Crippen molar-refractivity contribution in [2.24, 2.45) is 0 Å². The number of halogens is 4. The molecule has 0 unspecified atom stereocenters. The van der Waals surface area contributed by atoms with E-state index in [1.165, 1.54) is 6.08 Å². The molecule has 0 N–H and O–H groups in total. The number of allylic oxidation sites excluding steroid dienone is 3. The van der Waals surface area contributed by atoms with Crippen molar-refractivity contribution in [1.29, 1.82) is 0 Å². The summed E-state index contributed by atoms with van der Waals surface area (Å²) in [6, 6.07) is 0. The van der Waals surface area contributed by atoms with E-state index < -0.39 is 21.9 Å². The zero-order valence-corrected chi connectivity index (χ0v) is 9.48. The summed E-state index contributed by atoms with van der Waals surface area (Å²) in [5.41, 5.74) is 0. The van der Waals surface area contributed by atoms with Gasteiger partial charge in [-0.15, -0.1) is 29.3 Å². The standard InChI is InChI=1S/C5H5Cl2.2ClH.Ti/c1-2-3-4-5(6)7;;;/h1-5H;2*1H;/q-1;;;+2/p-2. The minimum absolute atomic E-state index is 0.445. The number of hydrogen-bond acceptors (Lipinski definition) is 0. The van der Waals surface area contributed by atoms with Gasteiger partial charge in [0.25, 0.3) is 0 Å². The van der Waals surface area contributed by atoms with Gasteiger partial charge in [0.15, 0.2) is 0 Å². The van der Waals surface area contributed by atoms with Crippen LogP contribution in [0.25, 0.3) is 0 Å². The third-order valence-electron chi connectivity index (χ3n) is 0.368. The van der Waals surface area contributed by atoms with Gasteiger partial charge in [0.1, 0.15) is 4.84 Å². The van der Waals surface area contributed by atoms with Gasteiger partial charge in [-0.25, -0.2) is 12.2 Å². The van der Waals surface area contributed by atoms with Gasteiger partial charge in [0.05, 0.1) is 0 Å². The molecule has 0 aliphatic carbocycles. The summed E-state index contributed by atoms with van der Waals surface area (Å²) in [6.07, 6.45) is 4.53. The summed E-state index contributed by atoms with van der Waals surface area (Å²) >= 11 is 9.96. The van der Waals surface area contributed by atoms with E-state index >= 15 is 0 Å². The normalized spacial score (nSPS) is 8.90. The van der Waals surface area contributed by atoms with E-state index in [-0.39, 0.29) is 0 Å². The van der Waals surface area contributed by atoms with Gasteiger partial charge >= 0.3 is 35.6 Å². The van der Waals surface area contributed by atoms with Gasteiger partial charge in [-0.1, -0.05) is 0 Å². The Morgan fingerprint density at radius 2 is 1.70 bits per heavy atom. The topological polar surface area (TPSA) is 0 Å². The molecular weight excluding hydrogens is 250 g/mol. The molecular formula is C5H5Cl4Ti-. The van der Waals surface area contributed by atoms with E-state index in [4.69, 9.17) is 48.4 Å². The molecule has 0 fully saturated rings. The van der Waals surface area contributed by atoms with Gasteiger partial charge in [-0.2, -0.15) is 0 Å². The Balaban J connectivity index is 0. The molecule has 0 aliphatic rings. The van der Waals surface area contributed by atoms with Crippen LogP contribution in [0.5, 0.6) is 0 Å². The van der Waals surface area contributed by atoms with Crippen LogP contribution >= 0.6 is 41.8 Å². The molecule has 58 valence electrons. The van der Waals surface area contributed by atoms with Gasteiger partial charge in [-0.3, -0.25) is 6.58 Å². The van der Waals surface area contributed by atoms with E-state index in [2.05, 4.69) is 0 Å². The molecule has 0 aliphatic heterocycles. The van der Waals surface area contributed by atoms with E-state index in [0.29, 0.717) is 0 Å². The molecule has 0 nitrogen and oxygen atoms in total. The number of alkyl halides is 2. The van der Waals surface area contributed by atoms with Crippen LogP contribution in [0.2, 0.25) is 0 Å². The number of hydrogen-bond donors (Lipinski definition) is 0. The second kappa shape index (κ2) is 13.0. The predicted octanol–water partition coefficient (Wildman–Crippen LogP) is 3.71. The second-order valence-electron chi connectivity index (χ2n) is 0.983. The van der Waals surface area contributed by atoms with Gasteiger partial charge in [0, 0.05) is 0 Å². The molecule has 5 heteroatoms. The molecule has 0 aromatic heterocycles. The third kappa shape index (κ3) is 22.8. The Bertz CT molecular complexity index is 91.6. The summed E-state index contributed by atoms with van der Waals surface area (Å²) in [7, 11) is 9.78. The Morgan fingerprint density at radius 3 is 1.80 bits per heavy atom. The van der Waals surface area contributed by atoms with Crippen LogP contribution in [0.1, 0.15) is 0 Å². The van der Waals surface area contributed by atoms with Crippen LogP contribution in [-0.2, 0) is 17.0 Å². The first-order valence-electron chi connectivity index (χ1n) is 2.15. The predicted molar refractivity (Wildman–Crippen MR) is 45.2 cm³/mol. The van der Waals surface area contributed by atoms with E-state index in [9.17, 15) is 0 Å². The van der Waals surface area contributed by atoms with Crippen LogP contribution in [0.3, 0.4) is 0 Å². The molecule has 0 heterocycles. The second-order valence-corrected chi connectivity index (χ2v) is 4.73. The molecule has 0 aromatic rings. The summed E-state index contributed by atoms with van der Waals surface area (Å²) in [5, 5.41) is 0. The Hall–Kier alpha value is 1.35. The monoisotopic (exact) mass is 253 g/mol. The van der Waals surface area contributed by atoms with Crippen molar-refractivity contribution in [1.82, 2.24) is 0 Å². The van der Waals surface area contributed by atoms with E-state index in [1.807, 2.05) is 0 Å². The van der Waals surface area contributed by atoms with Crippen LogP contribution in [0.4, 0.5) is 0 Å². The third-order valence-corrected chi connectivity index (χ3v) is 0.659. The molecule has 0 saturated heterocycles. The average molecular weight is 255 g/mol. The van der Waals surface area contributed by atoms with Crippen molar-refractivity contribution in [3.8, 4) is 0 Å². The fourth-order valence-corrected chi connectivity index (χ4v) is 0.316. The molecule has 0 radical (unpaired) electrons. The first kappa shape index (κ1) is 13.9. The number of rotatable bonds is 2. The summed E-state index contributed by atoms with van der Waals surface area (Å²) < 4.78 is 0. The molecule has 0 rings (SSSR count). The summed E-state index contributed by atoms with van der Waals surface area (Å²) in [4.78, 5) is -0.445. The van der Waals surface area contributed by atoms with Gasteiger partial charge < -0.3 is 0 Å². The van der Waals surface area contributed by atoms with Crippen molar-refractivity contribution in [3.63, 3.8) is 0 Å². The van der Waals surface area contributed by atoms with E-state index in [1.54, 1.807) is 12.2 Å². The van der Waals surface area contributed by atoms with Crippen LogP contribution in [0.15, 0.2) is 18.2 Å². The molecule has 0 saturated carbocycles. The fraction of sp³-hybridized carbons (Fsp3) is 0.200. The SMILES string of the molecule is [CH-]=CC=CC(Cl)Cl.[Cl][Ti][Cl]. The average Bonchev–Trinajstić information content (AvgIpc) is 1.85. The molecule has 0 aromatic carbocycles. The van der Waals surface area contributed by atoms with Crippen molar-refractivity contribution in [2.75, 3.05) is 0 Å². The van der Waals surface area contributed by atoms with Crippen molar-refractivity contribution < 1.29 is 17.0 Å². The van der Waals surface area contributed by atoms with Crippen LogP contribution in [0, 0.1) is 6.58 Å². The van der Waals surface area contributed by atoms with Crippen molar-refractivity contribution in [2.45, 2.75) is 4.84 Å². The molecule has 0 amide bonds.